The van der Waals surface area contributed by atoms with Gasteiger partial charge in [0, 0.05) is 67.9 Å². The molecule has 13 nitrogen and oxygen atoms in total. The largest absolute Gasteiger partial charge is 0.496 e. The first kappa shape index (κ1) is 45.0. The number of rotatable bonds is 6. The van der Waals surface area contributed by atoms with E-state index in [2.05, 4.69) is 75.4 Å². The lowest BCUT2D eigenvalue weighted by molar-refractivity contribution is -0.00934. The maximum atomic E-state index is 13.3. The van der Waals surface area contributed by atoms with Gasteiger partial charge in [-0.3, -0.25) is 4.79 Å². The Hall–Kier alpha value is -6.54. The van der Waals surface area contributed by atoms with E-state index in [4.69, 9.17) is 24.1 Å². The van der Waals surface area contributed by atoms with Crippen LogP contribution in [0.1, 0.15) is 96.6 Å². The molecule has 65 heavy (non-hydrogen) atoms. The zero-order valence-corrected chi connectivity index (χ0v) is 37.8. The molecule has 2 saturated heterocycles. The second-order valence-corrected chi connectivity index (χ2v) is 18.0. The third-order valence-electron chi connectivity index (χ3n) is 12.8. The number of carboxylic acids is 1. The Labute approximate surface area is 379 Å². The van der Waals surface area contributed by atoms with E-state index in [0.29, 0.717) is 41.3 Å². The van der Waals surface area contributed by atoms with Crippen LogP contribution in [-0.4, -0.2) is 81.6 Å². The molecule has 2 fully saturated rings. The Morgan fingerprint density at radius 3 is 1.52 bits per heavy atom. The predicted molar refractivity (Wildman–Crippen MR) is 247 cm³/mol. The van der Waals surface area contributed by atoms with E-state index in [0.717, 1.165) is 67.3 Å². The van der Waals surface area contributed by atoms with Crippen LogP contribution in [0.15, 0.2) is 122 Å². The summed E-state index contributed by atoms with van der Waals surface area (Å²) in [4.78, 5) is 25.8. The highest BCUT2D eigenvalue weighted by Crippen LogP contribution is 2.46. The number of piperidine rings is 2. The number of carboxylic acid groups (broad SMARTS) is 1. The Morgan fingerprint density at radius 2 is 1.06 bits per heavy atom. The van der Waals surface area contributed by atoms with Crippen LogP contribution in [0, 0.1) is 0 Å². The van der Waals surface area contributed by atoms with Crippen molar-refractivity contribution in [3.63, 3.8) is 0 Å². The summed E-state index contributed by atoms with van der Waals surface area (Å²) in [5.74, 6) is 1.72. The molecule has 2 spiro atoms. The number of likely N-dealkylation sites (tertiary alicyclic amines) is 1. The minimum Gasteiger partial charge on any atom is -0.496 e. The van der Waals surface area contributed by atoms with E-state index in [1.807, 2.05) is 29.2 Å². The van der Waals surface area contributed by atoms with Crippen LogP contribution in [-0.2, 0) is 22.4 Å². The van der Waals surface area contributed by atoms with Crippen molar-refractivity contribution in [2.24, 2.45) is 0 Å². The fraction of sp³-hybridized carbons (Fsp3) is 0.346. The molecule has 0 bridgehead atoms. The van der Waals surface area contributed by atoms with E-state index in [9.17, 15) is 19.8 Å². The minimum atomic E-state index is -1.05. The molecular weight excluding hydrogens is 825 g/mol. The maximum absolute atomic E-state index is 13.3. The second kappa shape index (κ2) is 17.8. The average Bonchev–Trinajstić information content (AvgIpc) is 4.02. The van der Waals surface area contributed by atoms with E-state index < -0.39 is 22.8 Å². The summed E-state index contributed by atoms with van der Waals surface area (Å²) in [5.41, 5.74) is 3.89. The highest BCUT2D eigenvalue weighted by molar-refractivity contribution is 5.95. The van der Waals surface area contributed by atoms with Crippen molar-refractivity contribution in [3.8, 4) is 34.4 Å². The molecule has 10 rings (SSSR count). The molecule has 0 aliphatic carbocycles. The molecule has 0 unspecified atom stereocenters. The van der Waals surface area contributed by atoms with Gasteiger partial charge in [-0.15, -0.1) is 0 Å². The van der Waals surface area contributed by atoms with Gasteiger partial charge in [-0.25, -0.2) is 4.79 Å². The Bertz CT molecular complexity index is 2670. The number of carbonyl (C=O) groups is 2. The Morgan fingerprint density at radius 1 is 0.615 bits per heavy atom. The average molecular weight is 883 g/mol. The van der Waals surface area contributed by atoms with Crippen molar-refractivity contribution in [1.29, 1.82) is 0 Å². The SMILES string of the molecule is COc1cc(C(=O)N2CCC3(CC2)Oc2ccccc2-n2cccc23)ccc1C(C)(C)O.COc1cc(C(=O)O)ccc1C(C)(C)O.c1ccc2c(c1)OC1(CCNCC1)c1cccn1-2. The van der Waals surface area contributed by atoms with Gasteiger partial charge in [0.25, 0.3) is 5.91 Å². The van der Waals surface area contributed by atoms with Gasteiger partial charge in [0.2, 0.25) is 0 Å². The van der Waals surface area contributed by atoms with Crippen LogP contribution in [0.2, 0.25) is 0 Å². The summed E-state index contributed by atoms with van der Waals surface area (Å²) < 4.78 is 27.9. The van der Waals surface area contributed by atoms with Crippen molar-refractivity contribution in [2.45, 2.75) is 75.8 Å². The minimum absolute atomic E-state index is 0.0351. The van der Waals surface area contributed by atoms with Gasteiger partial charge < -0.3 is 53.6 Å². The number of aliphatic hydroxyl groups is 2. The summed E-state index contributed by atoms with van der Waals surface area (Å²) in [6, 6.07) is 34.5. The van der Waals surface area contributed by atoms with Gasteiger partial charge in [0.1, 0.15) is 23.0 Å². The van der Waals surface area contributed by atoms with E-state index in [1.165, 1.54) is 24.9 Å². The number of methoxy groups -OCH3 is 2. The first-order valence-corrected chi connectivity index (χ1v) is 22.0. The fourth-order valence-electron chi connectivity index (χ4n) is 9.40. The number of benzene rings is 4. The normalized spacial score (nSPS) is 16.4. The number of nitrogens with zero attached hydrogens (tertiary/aromatic N) is 3. The first-order valence-electron chi connectivity index (χ1n) is 22.0. The number of para-hydroxylation sites is 4. The molecule has 6 aromatic rings. The zero-order valence-electron chi connectivity index (χ0n) is 37.8. The number of hydrogen-bond donors (Lipinski definition) is 4. The van der Waals surface area contributed by atoms with Crippen molar-refractivity contribution in [2.75, 3.05) is 40.4 Å². The van der Waals surface area contributed by atoms with Crippen LogP contribution in [0.3, 0.4) is 0 Å². The van der Waals surface area contributed by atoms with Gasteiger partial charge >= 0.3 is 5.97 Å². The summed E-state index contributed by atoms with van der Waals surface area (Å²) in [7, 11) is 2.99. The number of ether oxygens (including phenoxy) is 4. The van der Waals surface area contributed by atoms with Gasteiger partial charge in [-0.2, -0.15) is 0 Å². The molecule has 0 atom stereocenters. The van der Waals surface area contributed by atoms with Crippen molar-refractivity contribution in [3.05, 3.63) is 155 Å². The number of aromatic carboxylic acids is 1. The summed E-state index contributed by atoms with van der Waals surface area (Å²) >= 11 is 0. The smallest absolute Gasteiger partial charge is 0.335 e. The highest BCUT2D eigenvalue weighted by atomic mass is 16.5. The molecule has 2 aromatic heterocycles. The summed E-state index contributed by atoms with van der Waals surface area (Å²) in [5, 5.41) is 32.4. The molecule has 1 amide bonds. The zero-order chi connectivity index (χ0) is 46.1. The molecule has 340 valence electrons. The molecule has 4 aromatic carbocycles. The summed E-state index contributed by atoms with van der Waals surface area (Å²) in [6.07, 6.45) is 7.72. The van der Waals surface area contributed by atoms with Crippen LogP contribution in [0.5, 0.6) is 23.0 Å². The van der Waals surface area contributed by atoms with Crippen molar-refractivity contribution < 1.29 is 43.9 Å². The van der Waals surface area contributed by atoms with Crippen LogP contribution >= 0.6 is 0 Å². The lowest BCUT2D eigenvalue weighted by Crippen LogP contribution is -2.50. The Balaban J connectivity index is 0.000000147. The highest BCUT2D eigenvalue weighted by Gasteiger charge is 2.45. The standard InChI is InChI=1S/C26H28N2O4.C15H16N2O.C11H14O4/c1-25(2,30)19-11-10-18(17-22(19)31-3)24(29)27-15-12-26(13-16-27)23-9-6-14-28(23)20-7-4-5-8-21(20)32-26;1-2-5-13-12(4-1)17-11-3-6-14(17)15(18-13)7-9-16-10-8-15;1-11(2,14)8-5-4-7(10(12)13)6-9(8)15-3/h4-11,14,17,30H,12-13,15-16H2,1-3H3;1-6,11,16H,7-10H2;4-6,14H,1-3H3,(H,12,13). The first-order chi connectivity index (χ1) is 31.1. The maximum Gasteiger partial charge on any atom is 0.335 e. The number of fused-ring (bicyclic) bond motifs is 8. The van der Waals surface area contributed by atoms with Crippen LogP contribution < -0.4 is 24.3 Å². The number of hydrogen-bond acceptors (Lipinski definition) is 9. The van der Waals surface area contributed by atoms with Crippen molar-refractivity contribution in [1.82, 2.24) is 19.4 Å². The van der Waals surface area contributed by atoms with Crippen LogP contribution in [0.4, 0.5) is 0 Å². The van der Waals surface area contributed by atoms with Gasteiger partial charge in [-0.05, 0) is 114 Å². The summed E-state index contributed by atoms with van der Waals surface area (Å²) in [6.45, 7) is 9.88. The topological polar surface area (TPSA) is 157 Å². The molecular formula is C52H58N4O9. The third-order valence-corrected chi connectivity index (χ3v) is 12.8. The molecule has 4 N–H and O–H groups in total. The fourth-order valence-corrected chi connectivity index (χ4v) is 9.40. The number of nitrogens with one attached hydrogen (secondary N) is 1. The molecule has 4 aliphatic rings. The molecule has 13 heteroatoms. The molecule has 4 aliphatic heterocycles. The molecule has 6 heterocycles. The monoisotopic (exact) mass is 882 g/mol. The van der Waals surface area contributed by atoms with E-state index in [-0.39, 0.29) is 17.1 Å². The number of aromatic nitrogens is 2. The van der Waals surface area contributed by atoms with Gasteiger partial charge in [-0.1, -0.05) is 36.4 Å². The van der Waals surface area contributed by atoms with Gasteiger partial charge in [0.15, 0.2) is 11.2 Å². The van der Waals surface area contributed by atoms with E-state index >= 15 is 0 Å². The van der Waals surface area contributed by atoms with Gasteiger partial charge in [0.05, 0.1) is 53.7 Å². The molecule has 0 radical (unpaired) electrons. The van der Waals surface area contributed by atoms with Crippen molar-refractivity contribution >= 4 is 11.9 Å². The third kappa shape index (κ3) is 8.83. The lowest BCUT2D eigenvalue weighted by Gasteiger charge is -2.45. The predicted octanol–water partition coefficient (Wildman–Crippen LogP) is 8.31. The quantitative estimate of drug-likeness (QED) is 0.128. The number of amides is 1. The Kier molecular flexibility index (Phi) is 12.3. The second-order valence-electron chi connectivity index (χ2n) is 18.0. The van der Waals surface area contributed by atoms with Crippen LogP contribution in [0.25, 0.3) is 11.4 Å². The lowest BCUT2D eigenvalue weighted by atomic mass is 9.86. The molecule has 0 saturated carbocycles. The number of carbonyl (C=O) groups excluding carboxylic acids is 1. The van der Waals surface area contributed by atoms with E-state index in [1.54, 1.807) is 59.1 Å².